The van der Waals surface area contributed by atoms with Crippen LogP contribution < -0.4 is 9.47 Å². The standard InChI is InChI=1S/C13H18N2O3S2/c1-17-11-7-9-10(8-12(11)18-2)15(13(19)14-9)5-4-6-20(3)16/h7-8H,4-6H2,1-3H3,(H,14,19). The Morgan fingerprint density at radius 3 is 2.55 bits per heavy atom. The van der Waals surface area contributed by atoms with Gasteiger partial charge in [0.25, 0.3) is 0 Å². The molecule has 110 valence electrons. The van der Waals surface area contributed by atoms with Crippen molar-refractivity contribution in [3.05, 3.63) is 16.9 Å². The third-order valence-corrected chi connectivity index (χ3v) is 4.28. The molecule has 1 N–H and O–H groups in total. The van der Waals surface area contributed by atoms with Crippen LogP contribution in [0.2, 0.25) is 0 Å². The van der Waals surface area contributed by atoms with Crippen LogP contribution in [0.4, 0.5) is 0 Å². The van der Waals surface area contributed by atoms with E-state index in [2.05, 4.69) is 4.98 Å². The Labute approximate surface area is 125 Å². The lowest BCUT2D eigenvalue weighted by Crippen LogP contribution is -2.03. The summed E-state index contributed by atoms with van der Waals surface area (Å²) in [5.41, 5.74) is 1.87. The van der Waals surface area contributed by atoms with E-state index in [-0.39, 0.29) is 0 Å². The van der Waals surface area contributed by atoms with E-state index in [0.717, 1.165) is 24.0 Å². The van der Waals surface area contributed by atoms with Gasteiger partial charge in [-0.1, -0.05) is 0 Å². The maximum atomic E-state index is 11.1. The number of fused-ring (bicyclic) bond motifs is 1. The van der Waals surface area contributed by atoms with Gasteiger partial charge in [-0.05, 0) is 18.6 Å². The lowest BCUT2D eigenvalue weighted by atomic mass is 10.2. The summed E-state index contributed by atoms with van der Waals surface area (Å²) in [7, 11) is 2.43. The van der Waals surface area contributed by atoms with Gasteiger partial charge in [-0.2, -0.15) is 0 Å². The number of benzene rings is 1. The molecule has 1 unspecified atom stereocenters. The summed E-state index contributed by atoms with van der Waals surface area (Å²) in [5.74, 6) is 2.00. The van der Waals surface area contributed by atoms with Crippen LogP contribution in [0.25, 0.3) is 11.0 Å². The molecule has 0 spiro atoms. The number of imidazole rings is 1. The van der Waals surface area contributed by atoms with Crippen molar-refractivity contribution >= 4 is 34.1 Å². The second kappa shape index (κ2) is 6.41. The molecule has 1 aromatic carbocycles. The van der Waals surface area contributed by atoms with Gasteiger partial charge < -0.3 is 19.0 Å². The number of H-pyrrole nitrogens is 1. The summed E-state index contributed by atoms with van der Waals surface area (Å²) in [6.45, 7) is 0.730. The zero-order chi connectivity index (χ0) is 14.7. The quantitative estimate of drug-likeness (QED) is 0.832. The zero-order valence-electron chi connectivity index (χ0n) is 11.8. The van der Waals surface area contributed by atoms with E-state index in [1.165, 1.54) is 0 Å². The van der Waals surface area contributed by atoms with Crippen LogP contribution >= 0.6 is 12.2 Å². The Balaban J connectivity index is 2.41. The number of nitrogens with one attached hydrogen (secondary N) is 1. The Hall–Kier alpha value is -1.34. The number of ether oxygens (including phenoxy) is 2. The predicted octanol–water partition coefficient (Wildman–Crippen LogP) is 2.48. The van der Waals surface area contributed by atoms with Crippen molar-refractivity contribution in [1.29, 1.82) is 0 Å². The lowest BCUT2D eigenvalue weighted by Gasteiger charge is -2.09. The molecule has 0 amide bonds. The number of hydrogen-bond acceptors (Lipinski definition) is 4. The first-order valence-corrected chi connectivity index (χ1v) is 8.35. The highest BCUT2D eigenvalue weighted by Crippen LogP contribution is 2.31. The SMILES string of the molecule is COc1cc2[nH]c(=S)n(CCCS(C)=O)c2cc1OC. The van der Waals surface area contributed by atoms with Crippen LogP contribution in [0.1, 0.15) is 6.42 Å². The van der Waals surface area contributed by atoms with E-state index in [1.807, 2.05) is 16.7 Å². The van der Waals surface area contributed by atoms with E-state index in [0.29, 0.717) is 22.0 Å². The normalized spacial score (nSPS) is 12.6. The second-order valence-corrected chi connectivity index (χ2v) is 6.38. The smallest absolute Gasteiger partial charge is 0.178 e. The summed E-state index contributed by atoms with van der Waals surface area (Å²) in [6, 6.07) is 3.78. The lowest BCUT2D eigenvalue weighted by molar-refractivity contribution is 0.355. The fourth-order valence-corrected chi connectivity index (χ4v) is 2.97. The molecule has 0 aliphatic rings. The molecule has 0 fully saturated rings. The van der Waals surface area contributed by atoms with Gasteiger partial charge in [0, 0.05) is 41.5 Å². The Bertz CT molecular complexity index is 691. The Morgan fingerprint density at radius 1 is 1.30 bits per heavy atom. The Kier molecular flexibility index (Phi) is 4.82. The number of aryl methyl sites for hydroxylation is 1. The second-order valence-electron chi connectivity index (χ2n) is 4.44. The van der Waals surface area contributed by atoms with Crippen molar-refractivity contribution in [2.75, 3.05) is 26.2 Å². The van der Waals surface area contributed by atoms with Gasteiger partial charge >= 0.3 is 0 Å². The van der Waals surface area contributed by atoms with Crippen molar-refractivity contribution in [3.8, 4) is 11.5 Å². The van der Waals surface area contributed by atoms with Crippen LogP contribution in [0.15, 0.2) is 12.1 Å². The summed E-state index contributed by atoms with van der Waals surface area (Å²) < 4.78 is 24.4. The van der Waals surface area contributed by atoms with Crippen LogP contribution in [-0.4, -0.2) is 40.0 Å². The molecule has 0 aliphatic heterocycles. The molecule has 2 aromatic rings. The molecular weight excluding hydrogens is 296 g/mol. The largest absolute Gasteiger partial charge is 0.493 e. The third-order valence-electron chi connectivity index (χ3n) is 3.09. The van der Waals surface area contributed by atoms with Gasteiger partial charge in [-0.25, -0.2) is 0 Å². The summed E-state index contributed by atoms with van der Waals surface area (Å²) >= 11 is 5.34. The number of hydrogen-bond donors (Lipinski definition) is 1. The first kappa shape index (κ1) is 15.1. The zero-order valence-corrected chi connectivity index (χ0v) is 13.4. The first-order chi connectivity index (χ1) is 9.56. The molecule has 0 aliphatic carbocycles. The molecule has 7 heteroatoms. The van der Waals surface area contributed by atoms with Crippen LogP contribution in [-0.2, 0) is 17.3 Å². The molecule has 0 radical (unpaired) electrons. The highest BCUT2D eigenvalue weighted by molar-refractivity contribution is 7.84. The average molecular weight is 314 g/mol. The summed E-state index contributed by atoms with van der Waals surface area (Å²) in [5, 5.41) is 0. The molecular formula is C13H18N2O3S2. The van der Waals surface area contributed by atoms with Crippen LogP contribution in [0, 0.1) is 4.77 Å². The van der Waals surface area contributed by atoms with Gasteiger partial charge in [0.05, 0.1) is 25.3 Å². The first-order valence-electron chi connectivity index (χ1n) is 6.21. The van der Waals surface area contributed by atoms with E-state index in [1.54, 1.807) is 20.5 Å². The van der Waals surface area contributed by atoms with E-state index < -0.39 is 10.8 Å². The number of aromatic nitrogens is 2. The molecule has 0 saturated carbocycles. The monoisotopic (exact) mass is 314 g/mol. The number of methoxy groups -OCH3 is 2. The number of rotatable bonds is 6. The molecule has 1 aromatic heterocycles. The molecule has 20 heavy (non-hydrogen) atoms. The van der Waals surface area contributed by atoms with E-state index in [9.17, 15) is 4.21 Å². The van der Waals surface area contributed by atoms with Gasteiger partial charge in [-0.15, -0.1) is 0 Å². The van der Waals surface area contributed by atoms with Crippen molar-refractivity contribution in [3.63, 3.8) is 0 Å². The van der Waals surface area contributed by atoms with Gasteiger partial charge in [0.1, 0.15) is 0 Å². The minimum Gasteiger partial charge on any atom is -0.493 e. The van der Waals surface area contributed by atoms with Crippen LogP contribution in [0.5, 0.6) is 11.5 Å². The Morgan fingerprint density at radius 2 is 1.95 bits per heavy atom. The maximum absolute atomic E-state index is 11.1. The van der Waals surface area contributed by atoms with Gasteiger partial charge in [0.15, 0.2) is 16.3 Å². The molecule has 5 nitrogen and oxygen atoms in total. The topological polar surface area (TPSA) is 56.2 Å². The highest BCUT2D eigenvalue weighted by Gasteiger charge is 2.11. The third kappa shape index (κ3) is 3.04. The fourth-order valence-electron chi connectivity index (χ4n) is 2.13. The molecule has 1 atom stereocenters. The van der Waals surface area contributed by atoms with Crippen molar-refractivity contribution in [1.82, 2.24) is 9.55 Å². The van der Waals surface area contributed by atoms with Crippen molar-refractivity contribution in [2.24, 2.45) is 0 Å². The summed E-state index contributed by atoms with van der Waals surface area (Å²) in [4.78, 5) is 3.16. The minimum atomic E-state index is -0.781. The average Bonchev–Trinajstić information content (AvgIpc) is 2.72. The molecule has 1 heterocycles. The molecule has 0 saturated heterocycles. The van der Waals surface area contributed by atoms with Gasteiger partial charge in [0.2, 0.25) is 0 Å². The van der Waals surface area contributed by atoms with Crippen LogP contribution in [0.3, 0.4) is 0 Å². The number of aromatic amines is 1. The van der Waals surface area contributed by atoms with E-state index >= 15 is 0 Å². The maximum Gasteiger partial charge on any atom is 0.178 e. The molecule has 0 bridgehead atoms. The summed E-state index contributed by atoms with van der Waals surface area (Å²) in [6.07, 6.45) is 2.53. The van der Waals surface area contributed by atoms with Gasteiger partial charge in [-0.3, -0.25) is 4.21 Å². The molecule has 2 rings (SSSR count). The van der Waals surface area contributed by atoms with Crippen molar-refractivity contribution in [2.45, 2.75) is 13.0 Å². The van der Waals surface area contributed by atoms with Crippen molar-refractivity contribution < 1.29 is 13.7 Å². The number of nitrogens with zero attached hydrogens (tertiary/aromatic N) is 1. The van der Waals surface area contributed by atoms with E-state index in [4.69, 9.17) is 21.7 Å². The highest BCUT2D eigenvalue weighted by atomic mass is 32.2. The fraction of sp³-hybridized carbons (Fsp3) is 0.462. The predicted molar refractivity (Wildman–Crippen MR) is 83.8 cm³/mol. The minimum absolute atomic E-state index is 0.650.